The number of amides is 2. The first-order valence-corrected chi connectivity index (χ1v) is 9.71. The van der Waals surface area contributed by atoms with Crippen LogP contribution in [0, 0.1) is 0 Å². The van der Waals surface area contributed by atoms with E-state index < -0.39 is 0 Å². The van der Waals surface area contributed by atoms with E-state index in [0.717, 1.165) is 33.8 Å². The lowest BCUT2D eigenvalue weighted by atomic mass is 10.1. The van der Waals surface area contributed by atoms with Gasteiger partial charge in [0.2, 0.25) is 0 Å². The number of likely N-dealkylation sites (N-methyl/N-ethyl adjacent to an activating group) is 1. The summed E-state index contributed by atoms with van der Waals surface area (Å²) < 4.78 is 5.26. The van der Waals surface area contributed by atoms with Crippen LogP contribution in [-0.2, 0) is 6.54 Å². The standard InChI is InChI=1S/C22H28N6O2/c1-27(10-9-23)21-12-17(18-13-24-25-14-18)7-8-20(21)26-22(29)28(2)15-16-5-4-6-19(11-16)30-3/h4-8,11-14H,9-10,15,23H2,1-3H3,(H,24,25)(H,26,29). The number of carbonyl (C=O) groups excluding carboxylic acids is 1. The quantitative estimate of drug-likeness (QED) is 0.532. The summed E-state index contributed by atoms with van der Waals surface area (Å²) in [6.07, 6.45) is 3.60. The largest absolute Gasteiger partial charge is 0.497 e. The monoisotopic (exact) mass is 408 g/mol. The van der Waals surface area contributed by atoms with Gasteiger partial charge in [0.1, 0.15) is 5.75 Å². The zero-order valence-corrected chi connectivity index (χ0v) is 17.6. The number of hydrogen-bond donors (Lipinski definition) is 3. The fourth-order valence-corrected chi connectivity index (χ4v) is 3.18. The minimum absolute atomic E-state index is 0.198. The summed E-state index contributed by atoms with van der Waals surface area (Å²) in [6.45, 7) is 1.64. The number of carbonyl (C=O) groups is 1. The fraction of sp³-hybridized carbons (Fsp3) is 0.273. The molecule has 30 heavy (non-hydrogen) atoms. The summed E-state index contributed by atoms with van der Waals surface area (Å²) in [4.78, 5) is 16.5. The van der Waals surface area contributed by atoms with Crippen molar-refractivity contribution in [1.82, 2.24) is 15.1 Å². The maximum atomic E-state index is 12.8. The zero-order chi connectivity index (χ0) is 21.5. The van der Waals surface area contributed by atoms with E-state index in [0.29, 0.717) is 19.6 Å². The number of urea groups is 1. The Morgan fingerprint density at radius 3 is 2.73 bits per heavy atom. The van der Waals surface area contributed by atoms with Gasteiger partial charge in [-0.2, -0.15) is 5.10 Å². The second kappa shape index (κ2) is 9.80. The summed E-state index contributed by atoms with van der Waals surface area (Å²) in [5.41, 5.74) is 10.3. The average molecular weight is 409 g/mol. The Hall–Kier alpha value is -3.52. The van der Waals surface area contributed by atoms with Crippen LogP contribution in [0.2, 0.25) is 0 Å². The van der Waals surface area contributed by atoms with Gasteiger partial charge in [-0.1, -0.05) is 18.2 Å². The molecule has 2 aromatic carbocycles. The molecule has 0 saturated heterocycles. The van der Waals surface area contributed by atoms with Crippen LogP contribution in [-0.4, -0.2) is 55.4 Å². The predicted octanol–water partition coefficient (Wildman–Crippen LogP) is 3.14. The summed E-state index contributed by atoms with van der Waals surface area (Å²) >= 11 is 0. The molecule has 1 aromatic heterocycles. The number of nitrogens with two attached hydrogens (primary N) is 1. The molecule has 3 rings (SSSR count). The van der Waals surface area contributed by atoms with Crippen LogP contribution in [0.5, 0.6) is 5.75 Å². The van der Waals surface area contributed by atoms with Crippen molar-refractivity contribution in [2.45, 2.75) is 6.54 Å². The van der Waals surface area contributed by atoms with Gasteiger partial charge in [0.25, 0.3) is 0 Å². The topological polar surface area (TPSA) is 99.5 Å². The number of nitrogens with zero attached hydrogens (tertiary/aromatic N) is 3. The van der Waals surface area contributed by atoms with Gasteiger partial charge in [-0.15, -0.1) is 0 Å². The lowest BCUT2D eigenvalue weighted by Gasteiger charge is -2.25. The number of aromatic nitrogens is 2. The van der Waals surface area contributed by atoms with Crippen molar-refractivity contribution in [3.05, 3.63) is 60.4 Å². The minimum atomic E-state index is -0.198. The van der Waals surface area contributed by atoms with Crippen molar-refractivity contribution >= 4 is 17.4 Å². The minimum Gasteiger partial charge on any atom is -0.497 e. The number of aromatic amines is 1. The van der Waals surface area contributed by atoms with Gasteiger partial charge in [0, 0.05) is 45.5 Å². The number of methoxy groups -OCH3 is 1. The highest BCUT2D eigenvalue weighted by atomic mass is 16.5. The SMILES string of the molecule is COc1cccc(CN(C)C(=O)Nc2ccc(-c3cn[nH]c3)cc2N(C)CCN)c1. The van der Waals surface area contributed by atoms with Crippen LogP contribution in [0.25, 0.3) is 11.1 Å². The van der Waals surface area contributed by atoms with Crippen LogP contribution in [0.1, 0.15) is 5.56 Å². The highest BCUT2D eigenvalue weighted by molar-refractivity contribution is 5.94. The average Bonchev–Trinajstić information content (AvgIpc) is 3.29. The molecule has 8 heteroatoms. The molecule has 1 heterocycles. The molecule has 0 radical (unpaired) electrons. The third-order valence-corrected chi connectivity index (χ3v) is 4.85. The van der Waals surface area contributed by atoms with E-state index in [1.807, 2.05) is 60.6 Å². The van der Waals surface area contributed by atoms with E-state index in [9.17, 15) is 4.79 Å². The molecule has 0 aliphatic heterocycles. The second-order valence-electron chi connectivity index (χ2n) is 7.07. The van der Waals surface area contributed by atoms with E-state index in [-0.39, 0.29) is 6.03 Å². The Labute approximate surface area is 176 Å². The molecule has 0 fully saturated rings. The van der Waals surface area contributed by atoms with E-state index in [1.54, 1.807) is 25.3 Å². The van der Waals surface area contributed by atoms with Crippen molar-refractivity contribution in [1.29, 1.82) is 0 Å². The highest BCUT2D eigenvalue weighted by Crippen LogP contribution is 2.31. The Kier molecular flexibility index (Phi) is 6.92. The molecule has 3 aromatic rings. The first kappa shape index (κ1) is 21.2. The number of hydrogen-bond acceptors (Lipinski definition) is 5. The number of ether oxygens (including phenoxy) is 1. The van der Waals surface area contributed by atoms with E-state index >= 15 is 0 Å². The molecule has 0 aliphatic carbocycles. The Morgan fingerprint density at radius 2 is 2.03 bits per heavy atom. The molecule has 0 bridgehead atoms. The van der Waals surface area contributed by atoms with Crippen molar-refractivity contribution < 1.29 is 9.53 Å². The van der Waals surface area contributed by atoms with Gasteiger partial charge in [-0.05, 0) is 35.4 Å². The third-order valence-electron chi connectivity index (χ3n) is 4.85. The molecule has 8 nitrogen and oxygen atoms in total. The van der Waals surface area contributed by atoms with Crippen LogP contribution in [0.4, 0.5) is 16.2 Å². The maximum Gasteiger partial charge on any atom is 0.321 e. The zero-order valence-electron chi connectivity index (χ0n) is 17.6. The fourth-order valence-electron chi connectivity index (χ4n) is 3.18. The molecular weight excluding hydrogens is 380 g/mol. The van der Waals surface area contributed by atoms with E-state index in [1.165, 1.54) is 0 Å². The molecule has 4 N–H and O–H groups in total. The van der Waals surface area contributed by atoms with E-state index in [2.05, 4.69) is 15.5 Å². The van der Waals surface area contributed by atoms with Gasteiger partial charge >= 0.3 is 6.03 Å². The summed E-state index contributed by atoms with van der Waals surface area (Å²) in [5, 5.41) is 9.86. The summed E-state index contributed by atoms with van der Waals surface area (Å²) in [7, 11) is 5.34. The molecule has 0 unspecified atom stereocenters. The van der Waals surface area contributed by atoms with Gasteiger partial charge in [-0.25, -0.2) is 4.79 Å². The van der Waals surface area contributed by atoms with E-state index in [4.69, 9.17) is 10.5 Å². The van der Waals surface area contributed by atoms with Crippen molar-refractivity contribution in [3.8, 4) is 16.9 Å². The molecule has 0 spiro atoms. The van der Waals surface area contributed by atoms with Gasteiger partial charge in [-0.3, -0.25) is 5.10 Å². The Balaban J connectivity index is 1.78. The number of anilines is 2. The van der Waals surface area contributed by atoms with Crippen LogP contribution in [0.3, 0.4) is 0 Å². The maximum absolute atomic E-state index is 12.8. The van der Waals surface area contributed by atoms with Crippen LogP contribution >= 0.6 is 0 Å². The molecule has 2 amide bonds. The Bertz CT molecular complexity index is 974. The molecule has 0 atom stereocenters. The summed E-state index contributed by atoms with van der Waals surface area (Å²) in [5.74, 6) is 0.766. The molecule has 158 valence electrons. The molecule has 0 aliphatic rings. The van der Waals surface area contributed by atoms with Gasteiger partial charge in [0.15, 0.2) is 0 Å². The molecule has 0 saturated carbocycles. The normalized spacial score (nSPS) is 10.5. The lowest BCUT2D eigenvalue weighted by Crippen LogP contribution is -2.32. The number of H-pyrrole nitrogens is 1. The molecular formula is C22H28N6O2. The lowest BCUT2D eigenvalue weighted by molar-refractivity contribution is 0.220. The highest BCUT2D eigenvalue weighted by Gasteiger charge is 2.15. The second-order valence-corrected chi connectivity index (χ2v) is 7.07. The number of nitrogens with one attached hydrogen (secondary N) is 2. The third kappa shape index (κ3) is 5.09. The van der Waals surface area contributed by atoms with Crippen LogP contribution in [0.15, 0.2) is 54.9 Å². The van der Waals surface area contributed by atoms with Crippen molar-refractivity contribution in [3.63, 3.8) is 0 Å². The summed E-state index contributed by atoms with van der Waals surface area (Å²) in [6, 6.07) is 13.4. The van der Waals surface area contributed by atoms with Crippen molar-refractivity contribution in [2.24, 2.45) is 5.73 Å². The smallest absolute Gasteiger partial charge is 0.321 e. The Morgan fingerprint density at radius 1 is 1.20 bits per heavy atom. The van der Waals surface area contributed by atoms with Gasteiger partial charge in [0.05, 0.1) is 24.7 Å². The number of rotatable bonds is 8. The first-order valence-electron chi connectivity index (χ1n) is 9.71. The van der Waals surface area contributed by atoms with Crippen LogP contribution < -0.4 is 20.7 Å². The van der Waals surface area contributed by atoms with Gasteiger partial charge < -0.3 is 25.6 Å². The number of benzene rings is 2. The van der Waals surface area contributed by atoms with Crippen molar-refractivity contribution in [2.75, 3.05) is 44.5 Å². The predicted molar refractivity (Wildman–Crippen MR) is 120 cm³/mol. The first-order chi connectivity index (χ1) is 14.5.